The third-order valence-corrected chi connectivity index (χ3v) is 5.97. The topological polar surface area (TPSA) is 54.9 Å². The van der Waals surface area contributed by atoms with E-state index in [9.17, 15) is 5.11 Å². The fourth-order valence-electron chi connectivity index (χ4n) is 3.66. The van der Waals surface area contributed by atoms with E-state index in [-0.39, 0.29) is 11.9 Å². The molecule has 2 N–H and O–H groups in total. The number of nitrogens with one attached hydrogen (secondary N) is 1. The van der Waals surface area contributed by atoms with Crippen molar-refractivity contribution in [1.29, 1.82) is 0 Å². The summed E-state index contributed by atoms with van der Waals surface area (Å²) in [6.45, 7) is 6.25. The molecule has 1 aliphatic rings. The number of rotatable bonds is 3. The Morgan fingerprint density at radius 3 is 2.50 bits per heavy atom. The van der Waals surface area contributed by atoms with Gasteiger partial charge in [-0.3, -0.25) is 0 Å². The predicted molar refractivity (Wildman–Crippen MR) is 94.8 cm³/mol. The van der Waals surface area contributed by atoms with Crippen molar-refractivity contribution < 1.29 is 10.0 Å². The van der Waals surface area contributed by atoms with Gasteiger partial charge in [-0.15, -0.1) is 5.10 Å². The first-order chi connectivity index (χ1) is 11.6. The minimum atomic E-state index is 0.153. The maximum Gasteiger partial charge on any atom is 0.235 e. The number of aryl methyl sites for hydroxylation is 2. The Labute approximate surface area is 145 Å². The first-order valence-electron chi connectivity index (χ1n) is 8.59. The summed E-state index contributed by atoms with van der Waals surface area (Å²) in [7, 11) is 0. The van der Waals surface area contributed by atoms with Crippen LogP contribution in [0.1, 0.15) is 47.1 Å². The van der Waals surface area contributed by atoms with Gasteiger partial charge >= 0.3 is 0 Å². The van der Waals surface area contributed by atoms with E-state index < -0.39 is 0 Å². The predicted octanol–water partition coefficient (Wildman–Crippen LogP) is 2.27. The number of nitrogens with zero attached hydrogens (tertiary/aromatic N) is 3. The van der Waals surface area contributed by atoms with Crippen molar-refractivity contribution in [2.75, 3.05) is 13.1 Å². The minimum absolute atomic E-state index is 0.153. The van der Waals surface area contributed by atoms with Crippen molar-refractivity contribution in [3.63, 3.8) is 0 Å². The zero-order valence-corrected chi connectivity index (χ0v) is 14.9. The lowest BCUT2D eigenvalue weighted by Crippen LogP contribution is -3.13. The van der Waals surface area contributed by atoms with Crippen LogP contribution in [0.2, 0.25) is 0 Å². The highest BCUT2D eigenvalue weighted by molar-refractivity contribution is 7.17. The molecule has 1 saturated heterocycles. The molecule has 0 unspecified atom stereocenters. The lowest BCUT2D eigenvalue weighted by atomic mass is 9.99. The maximum absolute atomic E-state index is 10.8. The number of hydrogen-bond acceptors (Lipinski definition) is 4. The number of likely N-dealkylation sites (tertiary alicyclic amines) is 1. The molecule has 0 spiro atoms. The van der Waals surface area contributed by atoms with Gasteiger partial charge in [-0.1, -0.05) is 41.2 Å². The third-order valence-electron chi connectivity index (χ3n) is 4.88. The average Bonchev–Trinajstić information content (AvgIpc) is 3.09. The summed E-state index contributed by atoms with van der Waals surface area (Å²) in [4.78, 5) is 7.71. The largest absolute Gasteiger partial charge is 0.492 e. The molecule has 5 nitrogen and oxygen atoms in total. The van der Waals surface area contributed by atoms with E-state index in [1.807, 2.05) is 6.92 Å². The van der Waals surface area contributed by atoms with Gasteiger partial charge in [0.05, 0.1) is 13.1 Å². The lowest BCUT2D eigenvalue weighted by Gasteiger charge is -2.31. The second-order valence-electron chi connectivity index (χ2n) is 6.71. The standard InChI is InChI=1S/C18H22N4OS/c1-12-6-8-14(9-7-12)15(21-10-4-3-5-11-21)16-17(23)22-18(24-16)19-13(2)20-22/h6-9,15,23H,3-5,10-11H2,1-2H3/p+1/t15-/m0/s1. The number of quaternary nitrogens is 1. The number of benzene rings is 1. The van der Waals surface area contributed by atoms with Crippen LogP contribution in [0.25, 0.3) is 4.96 Å². The molecular weight excluding hydrogens is 320 g/mol. The van der Waals surface area contributed by atoms with Crippen molar-refractivity contribution in [3.8, 4) is 5.88 Å². The smallest absolute Gasteiger partial charge is 0.235 e. The number of aromatic nitrogens is 3. The Morgan fingerprint density at radius 2 is 1.83 bits per heavy atom. The van der Waals surface area contributed by atoms with Gasteiger partial charge in [-0.2, -0.15) is 4.52 Å². The van der Waals surface area contributed by atoms with Crippen LogP contribution >= 0.6 is 11.3 Å². The van der Waals surface area contributed by atoms with E-state index in [2.05, 4.69) is 41.3 Å². The van der Waals surface area contributed by atoms with Crippen LogP contribution in [-0.4, -0.2) is 32.8 Å². The third kappa shape index (κ3) is 2.70. The first-order valence-corrected chi connectivity index (χ1v) is 9.41. The van der Waals surface area contributed by atoms with Crippen molar-refractivity contribution in [2.24, 2.45) is 0 Å². The molecule has 0 aliphatic carbocycles. The normalized spacial score (nSPS) is 17.4. The molecule has 3 aromatic rings. The van der Waals surface area contributed by atoms with Crippen LogP contribution in [-0.2, 0) is 0 Å². The van der Waals surface area contributed by atoms with Crippen molar-refractivity contribution in [1.82, 2.24) is 14.6 Å². The van der Waals surface area contributed by atoms with Gasteiger partial charge < -0.3 is 10.0 Å². The summed E-state index contributed by atoms with van der Waals surface area (Å²) in [5.74, 6) is 0.944. The Kier molecular flexibility index (Phi) is 4.02. The zero-order chi connectivity index (χ0) is 16.7. The SMILES string of the molecule is Cc1ccc([C@@H](c2sc3nc(C)nn3c2O)[NH+]2CCCCC2)cc1. The van der Waals surface area contributed by atoms with E-state index in [1.54, 1.807) is 15.9 Å². The van der Waals surface area contributed by atoms with Crippen LogP contribution in [0, 0.1) is 13.8 Å². The van der Waals surface area contributed by atoms with Crippen LogP contribution in [0.5, 0.6) is 5.88 Å². The fourth-order valence-corrected chi connectivity index (χ4v) is 4.85. The minimum Gasteiger partial charge on any atom is -0.492 e. The van der Waals surface area contributed by atoms with Gasteiger partial charge in [0.15, 0.2) is 6.04 Å². The van der Waals surface area contributed by atoms with Crippen LogP contribution in [0.4, 0.5) is 0 Å². The summed E-state index contributed by atoms with van der Waals surface area (Å²) in [5.41, 5.74) is 2.52. The number of fused-ring (bicyclic) bond motifs is 1. The maximum atomic E-state index is 10.8. The van der Waals surface area contributed by atoms with Crippen molar-refractivity contribution in [3.05, 3.63) is 46.1 Å². The highest BCUT2D eigenvalue weighted by Crippen LogP contribution is 2.35. The zero-order valence-electron chi connectivity index (χ0n) is 14.1. The van der Waals surface area contributed by atoms with Gasteiger partial charge in [-0.25, -0.2) is 4.98 Å². The Balaban J connectivity index is 1.82. The highest BCUT2D eigenvalue weighted by atomic mass is 32.1. The molecule has 3 heterocycles. The second-order valence-corrected chi connectivity index (χ2v) is 7.72. The molecule has 2 aromatic heterocycles. The van der Waals surface area contributed by atoms with E-state index >= 15 is 0 Å². The van der Waals surface area contributed by atoms with Gasteiger partial charge in [0.2, 0.25) is 10.8 Å². The number of piperidine rings is 1. The number of aromatic hydroxyl groups is 1. The number of hydrogen-bond donors (Lipinski definition) is 2. The summed E-state index contributed by atoms with van der Waals surface area (Å²) < 4.78 is 1.58. The molecule has 4 rings (SSSR count). The lowest BCUT2D eigenvalue weighted by molar-refractivity contribution is -0.929. The fraction of sp³-hybridized carbons (Fsp3) is 0.444. The van der Waals surface area contributed by atoms with Gasteiger partial charge in [-0.05, 0) is 33.1 Å². The first kappa shape index (κ1) is 15.6. The molecule has 0 amide bonds. The molecule has 1 aromatic carbocycles. The molecule has 126 valence electrons. The highest BCUT2D eigenvalue weighted by Gasteiger charge is 2.33. The van der Waals surface area contributed by atoms with Gasteiger partial charge in [0.25, 0.3) is 0 Å². The Bertz CT molecular complexity index is 846. The second kappa shape index (κ2) is 6.18. The number of thiazole rings is 1. The summed E-state index contributed by atoms with van der Waals surface area (Å²) >= 11 is 1.56. The molecule has 24 heavy (non-hydrogen) atoms. The van der Waals surface area contributed by atoms with E-state index in [4.69, 9.17) is 0 Å². The van der Waals surface area contributed by atoms with Gasteiger partial charge in [0.1, 0.15) is 10.7 Å². The Hall–Kier alpha value is -1.92. The van der Waals surface area contributed by atoms with Crippen LogP contribution < -0.4 is 4.90 Å². The molecule has 0 radical (unpaired) electrons. The van der Waals surface area contributed by atoms with Crippen LogP contribution in [0.15, 0.2) is 24.3 Å². The van der Waals surface area contributed by atoms with Crippen LogP contribution in [0.3, 0.4) is 0 Å². The summed E-state index contributed by atoms with van der Waals surface area (Å²) in [6, 6.07) is 8.86. The molecule has 0 saturated carbocycles. The molecular formula is C18H23N4OS+. The van der Waals surface area contributed by atoms with Crippen molar-refractivity contribution >= 4 is 16.3 Å². The van der Waals surface area contributed by atoms with Crippen molar-refractivity contribution in [2.45, 2.75) is 39.2 Å². The monoisotopic (exact) mass is 343 g/mol. The van der Waals surface area contributed by atoms with Gasteiger partial charge in [0, 0.05) is 5.56 Å². The van der Waals surface area contributed by atoms with E-state index in [0.717, 1.165) is 22.9 Å². The Morgan fingerprint density at radius 1 is 1.12 bits per heavy atom. The average molecular weight is 343 g/mol. The van der Waals surface area contributed by atoms with E-state index in [1.165, 1.54) is 35.3 Å². The molecule has 1 aliphatic heterocycles. The quantitative estimate of drug-likeness (QED) is 0.767. The molecule has 1 atom stereocenters. The molecule has 1 fully saturated rings. The van der Waals surface area contributed by atoms with E-state index in [0.29, 0.717) is 5.82 Å². The molecule has 6 heteroatoms. The molecule has 0 bridgehead atoms. The summed E-state index contributed by atoms with van der Waals surface area (Å²) in [6.07, 6.45) is 3.81. The summed E-state index contributed by atoms with van der Waals surface area (Å²) in [5, 5.41) is 15.1.